The largest absolute Gasteiger partial charge is 0.496 e. The van der Waals surface area contributed by atoms with Crippen LogP contribution >= 0.6 is 12.4 Å². The molecule has 2 rings (SSSR count). The summed E-state index contributed by atoms with van der Waals surface area (Å²) in [5.41, 5.74) is 7.64. The molecule has 102 valence electrons. The van der Waals surface area contributed by atoms with E-state index in [1.807, 2.05) is 18.2 Å². The molecule has 3 N–H and O–H groups in total. The number of likely N-dealkylation sites (tertiary alicyclic amines) is 1. The minimum Gasteiger partial charge on any atom is -0.496 e. The summed E-state index contributed by atoms with van der Waals surface area (Å²) in [5.74, 6) is 0.864. The minimum absolute atomic E-state index is 0. The zero-order valence-electron chi connectivity index (χ0n) is 10.6. The van der Waals surface area contributed by atoms with Crippen molar-refractivity contribution in [2.45, 2.75) is 25.4 Å². The Morgan fingerprint density at radius 3 is 2.94 bits per heavy atom. The number of nitrogens with two attached hydrogens (primary N) is 1. The molecule has 1 fully saturated rings. The van der Waals surface area contributed by atoms with Crippen molar-refractivity contribution in [1.82, 2.24) is 4.90 Å². The van der Waals surface area contributed by atoms with E-state index in [4.69, 9.17) is 10.5 Å². The zero-order valence-corrected chi connectivity index (χ0v) is 11.4. The second-order valence-corrected chi connectivity index (χ2v) is 4.52. The van der Waals surface area contributed by atoms with E-state index in [1.165, 1.54) is 0 Å². The number of hydrogen-bond donors (Lipinski definition) is 2. The van der Waals surface area contributed by atoms with Gasteiger partial charge in [-0.25, -0.2) is 0 Å². The fourth-order valence-electron chi connectivity index (χ4n) is 2.45. The molecule has 1 saturated heterocycles. The van der Waals surface area contributed by atoms with Crippen LogP contribution in [0.15, 0.2) is 18.2 Å². The van der Waals surface area contributed by atoms with E-state index in [1.54, 1.807) is 7.11 Å². The maximum absolute atomic E-state index is 9.30. The number of benzene rings is 1. The van der Waals surface area contributed by atoms with Crippen molar-refractivity contribution in [1.29, 1.82) is 0 Å². The third-order valence-electron chi connectivity index (χ3n) is 3.39. The van der Waals surface area contributed by atoms with Gasteiger partial charge in [-0.3, -0.25) is 4.90 Å². The van der Waals surface area contributed by atoms with Crippen molar-refractivity contribution in [2.24, 2.45) is 0 Å². The first kappa shape index (κ1) is 15.1. The molecule has 1 heterocycles. The van der Waals surface area contributed by atoms with Crippen LogP contribution in [0.3, 0.4) is 0 Å². The number of ether oxygens (including phenoxy) is 1. The van der Waals surface area contributed by atoms with Crippen molar-refractivity contribution in [3.05, 3.63) is 23.8 Å². The monoisotopic (exact) mass is 272 g/mol. The van der Waals surface area contributed by atoms with E-state index in [0.29, 0.717) is 0 Å². The molecule has 1 aromatic carbocycles. The second-order valence-electron chi connectivity index (χ2n) is 4.52. The topological polar surface area (TPSA) is 58.7 Å². The summed E-state index contributed by atoms with van der Waals surface area (Å²) in [4.78, 5) is 2.29. The van der Waals surface area contributed by atoms with Gasteiger partial charge >= 0.3 is 0 Å². The lowest BCUT2D eigenvalue weighted by Crippen LogP contribution is -2.31. The average Bonchev–Trinajstić information content (AvgIpc) is 2.77. The van der Waals surface area contributed by atoms with Crippen molar-refractivity contribution in [2.75, 3.05) is 26.0 Å². The van der Waals surface area contributed by atoms with Crippen LogP contribution in [0.4, 0.5) is 5.69 Å². The van der Waals surface area contributed by atoms with Crippen LogP contribution in [-0.4, -0.2) is 36.3 Å². The lowest BCUT2D eigenvalue weighted by Gasteiger charge is -2.23. The van der Waals surface area contributed by atoms with Crippen LogP contribution in [-0.2, 0) is 6.54 Å². The zero-order chi connectivity index (χ0) is 12.3. The number of hydrogen-bond acceptors (Lipinski definition) is 4. The molecule has 0 aliphatic carbocycles. The molecule has 0 spiro atoms. The van der Waals surface area contributed by atoms with E-state index in [0.717, 1.165) is 42.9 Å². The summed E-state index contributed by atoms with van der Waals surface area (Å²) in [6, 6.07) is 5.97. The molecule has 0 bridgehead atoms. The lowest BCUT2D eigenvalue weighted by molar-refractivity contribution is 0.152. The van der Waals surface area contributed by atoms with Crippen LogP contribution in [0.1, 0.15) is 18.4 Å². The Balaban J connectivity index is 0.00000162. The van der Waals surface area contributed by atoms with E-state index in [-0.39, 0.29) is 25.1 Å². The third-order valence-corrected chi connectivity index (χ3v) is 3.39. The summed E-state index contributed by atoms with van der Waals surface area (Å²) in [6.45, 7) is 2.05. The number of anilines is 1. The number of aliphatic hydroxyl groups excluding tert-OH is 1. The number of methoxy groups -OCH3 is 1. The molecule has 1 aliphatic rings. The van der Waals surface area contributed by atoms with E-state index < -0.39 is 0 Å². The Bertz CT molecular complexity index is 387. The Hall–Kier alpha value is -0.970. The molecule has 0 amide bonds. The SMILES string of the molecule is COc1ccc(N)cc1CN1CCC[C@H]1CO.Cl. The van der Waals surface area contributed by atoms with Crippen LogP contribution in [0.25, 0.3) is 0 Å². The van der Waals surface area contributed by atoms with E-state index >= 15 is 0 Å². The minimum atomic E-state index is 0. The van der Waals surface area contributed by atoms with Gasteiger partial charge in [0.1, 0.15) is 5.75 Å². The molecule has 5 heteroatoms. The fraction of sp³-hybridized carbons (Fsp3) is 0.538. The Morgan fingerprint density at radius 1 is 1.50 bits per heavy atom. The predicted molar refractivity (Wildman–Crippen MR) is 75.2 cm³/mol. The highest BCUT2D eigenvalue weighted by Crippen LogP contribution is 2.26. The first-order valence-corrected chi connectivity index (χ1v) is 6.02. The molecule has 0 radical (unpaired) electrons. The molecular weight excluding hydrogens is 252 g/mol. The standard InChI is InChI=1S/C13H20N2O2.ClH/c1-17-13-5-4-11(14)7-10(13)8-15-6-2-3-12(15)9-16;/h4-5,7,12,16H,2-3,6,8-9,14H2,1H3;1H/t12-;/m0./s1. The Labute approximate surface area is 114 Å². The number of rotatable bonds is 4. The van der Waals surface area contributed by atoms with Gasteiger partial charge in [0.15, 0.2) is 0 Å². The lowest BCUT2D eigenvalue weighted by atomic mass is 10.1. The molecule has 1 aromatic rings. The van der Waals surface area contributed by atoms with E-state index in [9.17, 15) is 5.11 Å². The van der Waals surface area contributed by atoms with Gasteiger partial charge in [-0.2, -0.15) is 0 Å². The van der Waals surface area contributed by atoms with Gasteiger partial charge in [-0.05, 0) is 37.6 Å². The second kappa shape index (κ2) is 6.83. The van der Waals surface area contributed by atoms with Crippen molar-refractivity contribution < 1.29 is 9.84 Å². The normalized spacial score (nSPS) is 19.6. The molecule has 1 aliphatic heterocycles. The molecule has 1 atom stereocenters. The maximum Gasteiger partial charge on any atom is 0.123 e. The molecule has 0 saturated carbocycles. The van der Waals surface area contributed by atoms with Gasteiger partial charge in [0.25, 0.3) is 0 Å². The number of aliphatic hydroxyl groups is 1. The molecular formula is C13H21ClN2O2. The van der Waals surface area contributed by atoms with Crippen LogP contribution in [0.2, 0.25) is 0 Å². The number of halogens is 1. The summed E-state index contributed by atoms with van der Waals surface area (Å²) >= 11 is 0. The van der Waals surface area contributed by atoms with Crippen LogP contribution in [0, 0.1) is 0 Å². The molecule has 18 heavy (non-hydrogen) atoms. The molecule has 0 aromatic heterocycles. The predicted octanol–water partition coefficient (Wildman–Crippen LogP) is 1.66. The van der Waals surface area contributed by atoms with Gasteiger partial charge in [0.2, 0.25) is 0 Å². The van der Waals surface area contributed by atoms with Gasteiger partial charge in [-0.15, -0.1) is 12.4 Å². The van der Waals surface area contributed by atoms with Crippen LogP contribution in [0.5, 0.6) is 5.75 Å². The van der Waals surface area contributed by atoms with E-state index in [2.05, 4.69) is 4.90 Å². The highest BCUT2D eigenvalue weighted by Gasteiger charge is 2.24. The van der Waals surface area contributed by atoms with Crippen molar-refractivity contribution >= 4 is 18.1 Å². The first-order chi connectivity index (χ1) is 8.24. The van der Waals surface area contributed by atoms with Crippen LogP contribution < -0.4 is 10.5 Å². The summed E-state index contributed by atoms with van der Waals surface area (Å²) in [6.07, 6.45) is 2.22. The number of nitrogens with zero attached hydrogens (tertiary/aromatic N) is 1. The summed E-state index contributed by atoms with van der Waals surface area (Å²) in [7, 11) is 1.67. The highest BCUT2D eigenvalue weighted by atomic mass is 35.5. The molecule has 4 nitrogen and oxygen atoms in total. The van der Waals surface area contributed by atoms with Gasteiger partial charge in [0, 0.05) is 23.8 Å². The fourth-order valence-corrected chi connectivity index (χ4v) is 2.45. The first-order valence-electron chi connectivity index (χ1n) is 6.02. The van der Waals surface area contributed by atoms with Crippen molar-refractivity contribution in [3.8, 4) is 5.75 Å². The highest BCUT2D eigenvalue weighted by molar-refractivity contribution is 5.85. The number of nitrogen functional groups attached to an aromatic ring is 1. The summed E-state index contributed by atoms with van der Waals surface area (Å²) < 4.78 is 5.33. The Kier molecular flexibility index (Phi) is 5.72. The smallest absolute Gasteiger partial charge is 0.123 e. The molecule has 0 unspecified atom stereocenters. The average molecular weight is 273 g/mol. The summed E-state index contributed by atoms with van der Waals surface area (Å²) in [5, 5.41) is 9.30. The van der Waals surface area contributed by atoms with Gasteiger partial charge < -0.3 is 15.6 Å². The third kappa shape index (κ3) is 3.28. The maximum atomic E-state index is 9.30. The van der Waals surface area contributed by atoms with Gasteiger partial charge in [0.05, 0.1) is 13.7 Å². The quantitative estimate of drug-likeness (QED) is 0.819. The Morgan fingerprint density at radius 2 is 2.28 bits per heavy atom. The van der Waals surface area contributed by atoms with Crippen molar-refractivity contribution in [3.63, 3.8) is 0 Å². The van der Waals surface area contributed by atoms with Gasteiger partial charge in [-0.1, -0.05) is 0 Å².